The second kappa shape index (κ2) is 6.31. The van der Waals surface area contributed by atoms with Gasteiger partial charge in [0.25, 0.3) is 0 Å². The van der Waals surface area contributed by atoms with Gasteiger partial charge in [-0.3, -0.25) is 4.98 Å². The number of hydrogen-bond donors (Lipinski definition) is 0. The molecule has 0 N–H and O–H groups in total. The number of aromatic nitrogens is 4. The first-order valence-electron chi connectivity index (χ1n) is 8.08. The molecule has 0 bridgehead atoms. The minimum atomic E-state index is 0.318. The maximum atomic E-state index is 5.25. The highest BCUT2D eigenvalue weighted by Crippen LogP contribution is 2.35. The number of benzene rings is 1. The monoisotopic (exact) mass is 321 g/mol. The summed E-state index contributed by atoms with van der Waals surface area (Å²) in [5, 5.41) is 4.23. The molecule has 1 atom stereocenters. The first-order chi connectivity index (χ1) is 11.8. The van der Waals surface area contributed by atoms with Crippen LogP contribution in [0, 0.1) is 0 Å². The quantitative estimate of drug-likeness (QED) is 0.739. The van der Waals surface area contributed by atoms with Crippen molar-refractivity contribution in [3.8, 4) is 11.6 Å². The van der Waals surface area contributed by atoms with Crippen LogP contribution in [0.3, 0.4) is 0 Å². The Morgan fingerprint density at radius 1 is 1.12 bits per heavy atom. The predicted molar refractivity (Wildman–Crippen MR) is 91.5 cm³/mol. The van der Waals surface area contributed by atoms with Gasteiger partial charge in [0.2, 0.25) is 0 Å². The van der Waals surface area contributed by atoms with E-state index in [1.54, 1.807) is 24.2 Å². The first-order valence-corrected chi connectivity index (χ1v) is 8.08. The fourth-order valence-electron chi connectivity index (χ4n) is 3.21. The third kappa shape index (κ3) is 2.71. The Hall–Kier alpha value is -2.89. The molecule has 0 saturated carbocycles. The van der Waals surface area contributed by atoms with Gasteiger partial charge in [-0.05, 0) is 36.6 Å². The van der Waals surface area contributed by atoms with Gasteiger partial charge < -0.3 is 9.64 Å². The lowest BCUT2D eigenvalue weighted by Gasteiger charge is -2.26. The highest BCUT2D eigenvalue weighted by atomic mass is 16.5. The van der Waals surface area contributed by atoms with Gasteiger partial charge in [-0.2, -0.15) is 5.10 Å². The van der Waals surface area contributed by atoms with Gasteiger partial charge >= 0.3 is 0 Å². The summed E-state index contributed by atoms with van der Waals surface area (Å²) in [4.78, 5) is 11.4. The van der Waals surface area contributed by atoms with Crippen molar-refractivity contribution in [3.63, 3.8) is 0 Å². The second-order valence-corrected chi connectivity index (χ2v) is 5.81. The molecule has 24 heavy (non-hydrogen) atoms. The van der Waals surface area contributed by atoms with Crippen LogP contribution in [0.1, 0.15) is 24.4 Å². The van der Waals surface area contributed by atoms with Crippen molar-refractivity contribution in [2.45, 2.75) is 18.9 Å². The lowest BCUT2D eigenvalue weighted by molar-refractivity contribution is 0.414. The van der Waals surface area contributed by atoms with Gasteiger partial charge in [0.1, 0.15) is 11.6 Å². The number of ether oxygens (including phenoxy) is 1. The van der Waals surface area contributed by atoms with Gasteiger partial charge in [-0.15, -0.1) is 0 Å². The standard InChI is InChI=1S/C18H19N5O/c1-24-15-7-5-14(6-8-15)16-4-2-10-22(16)17-12-19-13-18(21-17)23-11-3-9-20-23/h3,5-9,11-13,16H,2,4,10H2,1H3/t16-/m1/s1. The molecule has 1 fully saturated rings. The SMILES string of the molecule is COc1ccc([C@H]2CCCN2c2cncc(-n3cccn3)n2)cc1. The van der Waals surface area contributed by atoms with Crippen molar-refractivity contribution in [1.29, 1.82) is 0 Å². The summed E-state index contributed by atoms with van der Waals surface area (Å²) < 4.78 is 6.99. The van der Waals surface area contributed by atoms with Crippen molar-refractivity contribution in [2.75, 3.05) is 18.6 Å². The molecule has 6 heteroatoms. The van der Waals surface area contributed by atoms with Crippen LogP contribution < -0.4 is 9.64 Å². The number of rotatable bonds is 4. The van der Waals surface area contributed by atoms with E-state index in [4.69, 9.17) is 9.72 Å². The summed E-state index contributed by atoms with van der Waals surface area (Å²) in [5.41, 5.74) is 1.28. The molecule has 0 amide bonds. The average molecular weight is 321 g/mol. The van der Waals surface area contributed by atoms with Crippen LogP contribution in [0.5, 0.6) is 5.75 Å². The topological polar surface area (TPSA) is 56.1 Å². The van der Waals surface area contributed by atoms with E-state index in [0.717, 1.165) is 36.8 Å². The summed E-state index contributed by atoms with van der Waals surface area (Å²) >= 11 is 0. The Labute approximate surface area is 140 Å². The zero-order chi connectivity index (χ0) is 16.4. The van der Waals surface area contributed by atoms with Crippen LogP contribution >= 0.6 is 0 Å². The third-order valence-corrected chi connectivity index (χ3v) is 4.40. The van der Waals surface area contributed by atoms with Crippen molar-refractivity contribution >= 4 is 5.82 Å². The number of nitrogens with zero attached hydrogens (tertiary/aromatic N) is 5. The van der Waals surface area contributed by atoms with E-state index in [2.05, 4.69) is 27.1 Å². The molecule has 1 aliphatic heterocycles. The van der Waals surface area contributed by atoms with Gasteiger partial charge in [0.05, 0.1) is 25.5 Å². The fourth-order valence-corrected chi connectivity index (χ4v) is 3.21. The molecule has 4 rings (SSSR count). The third-order valence-electron chi connectivity index (χ3n) is 4.40. The van der Waals surface area contributed by atoms with E-state index >= 15 is 0 Å². The lowest BCUT2D eigenvalue weighted by atomic mass is 10.0. The smallest absolute Gasteiger partial charge is 0.173 e. The highest BCUT2D eigenvalue weighted by molar-refractivity contribution is 5.45. The molecule has 1 aromatic carbocycles. The molecule has 0 unspecified atom stereocenters. The van der Waals surface area contributed by atoms with Crippen LogP contribution in [0.2, 0.25) is 0 Å². The van der Waals surface area contributed by atoms with Crippen molar-refractivity contribution in [2.24, 2.45) is 0 Å². The molecule has 0 spiro atoms. The lowest BCUT2D eigenvalue weighted by Crippen LogP contribution is -2.24. The van der Waals surface area contributed by atoms with Crippen LogP contribution in [0.25, 0.3) is 5.82 Å². The van der Waals surface area contributed by atoms with Crippen LogP contribution in [0.15, 0.2) is 55.1 Å². The Bertz CT molecular complexity index is 801. The molecule has 1 aliphatic rings. The molecule has 3 heterocycles. The summed E-state index contributed by atoms with van der Waals surface area (Å²) in [6.07, 6.45) is 9.43. The van der Waals surface area contributed by atoms with Gasteiger partial charge in [0.15, 0.2) is 5.82 Å². The predicted octanol–water partition coefficient (Wildman–Crippen LogP) is 3.01. The first kappa shape index (κ1) is 14.7. The van der Waals surface area contributed by atoms with Gasteiger partial charge in [-0.25, -0.2) is 9.67 Å². The van der Waals surface area contributed by atoms with Crippen LogP contribution in [-0.2, 0) is 0 Å². The van der Waals surface area contributed by atoms with Crippen molar-refractivity contribution in [3.05, 3.63) is 60.7 Å². The minimum absolute atomic E-state index is 0.318. The molecule has 1 saturated heterocycles. The molecule has 0 aliphatic carbocycles. The van der Waals surface area contributed by atoms with E-state index in [1.807, 2.05) is 30.6 Å². The highest BCUT2D eigenvalue weighted by Gasteiger charge is 2.27. The largest absolute Gasteiger partial charge is 0.497 e. The Morgan fingerprint density at radius 2 is 1.96 bits per heavy atom. The number of anilines is 1. The molecule has 3 aromatic rings. The van der Waals surface area contributed by atoms with Crippen molar-refractivity contribution in [1.82, 2.24) is 19.7 Å². The van der Waals surface area contributed by atoms with E-state index < -0.39 is 0 Å². The van der Waals surface area contributed by atoms with Gasteiger partial charge in [-0.1, -0.05) is 12.1 Å². The zero-order valence-electron chi connectivity index (χ0n) is 13.5. The van der Waals surface area contributed by atoms with E-state index in [-0.39, 0.29) is 0 Å². The molecule has 2 aromatic heterocycles. The summed E-state index contributed by atoms with van der Waals surface area (Å²) in [7, 11) is 1.69. The normalized spacial score (nSPS) is 17.2. The molecular formula is C18H19N5O. The van der Waals surface area contributed by atoms with E-state index in [1.165, 1.54) is 5.56 Å². The van der Waals surface area contributed by atoms with E-state index in [9.17, 15) is 0 Å². The number of methoxy groups -OCH3 is 1. The summed E-state index contributed by atoms with van der Waals surface area (Å²) in [6.45, 7) is 0.980. The van der Waals surface area contributed by atoms with E-state index in [0.29, 0.717) is 6.04 Å². The Balaban J connectivity index is 1.64. The fraction of sp³-hybridized carbons (Fsp3) is 0.278. The van der Waals surface area contributed by atoms with Crippen LogP contribution in [0.4, 0.5) is 5.82 Å². The maximum Gasteiger partial charge on any atom is 0.173 e. The Morgan fingerprint density at radius 3 is 2.71 bits per heavy atom. The zero-order valence-corrected chi connectivity index (χ0v) is 13.5. The summed E-state index contributed by atoms with van der Waals surface area (Å²) in [5.74, 6) is 2.50. The van der Waals surface area contributed by atoms with Crippen LogP contribution in [-0.4, -0.2) is 33.4 Å². The van der Waals surface area contributed by atoms with Crippen molar-refractivity contribution < 1.29 is 4.74 Å². The summed E-state index contributed by atoms with van der Waals surface area (Å²) in [6, 6.07) is 10.5. The molecule has 0 radical (unpaired) electrons. The Kier molecular flexibility index (Phi) is 3.86. The number of hydrogen-bond acceptors (Lipinski definition) is 5. The minimum Gasteiger partial charge on any atom is -0.497 e. The molecule has 122 valence electrons. The maximum absolute atomic E-state index is 5.25. The molecule has 6 nitrogen and oxygen atoms in total. The molecular weight excluding hydrogens is 302 g/mol. The average Bonchev–Trinajstić information content (AvgIpc) is 3.34. The second-order valence-electron chi connectivity index (χ2n) is 5.81. The van der Waals surface area contributed by atoms with Gasteiger partial charge in [0, 0.05) is 18.9 Å².